The molecule has 0 saturated carbocycles. The van der Waals surface area contributed by atoms with Crippen molar-refractivity contribution >= 4 is 23.7 Å². The number of Topliss-reactive ketones (excluding diaryl/α,β-unsaturated/α-hetero) is 1. The maximum atomic E-state index is 11.9. The van der Waals surface area contributed by atoms with E-state index in [2.05, 4.69) is 6.92 Å². The van der Waals surface area contributed by atoms with Gasteiger partial charge >= 0.3 is 17.9 Å². The first-order chi connectivity index (χ1) is 23.0. The first-order valence-electron chi connectivity index (χ1n) is 17.9. The van der Waals surface area contributed by atoms with Crippen molar-refractivity contribution in [3.05, 3.63) is 0 Å². The molecule has 0 aromatic heterocycles. The number of carboxylic acids is 1. The average molecular weight is 677 g/mol. The summed E-state index contributed by atoms with van der Waals surface area (Å²) in [5.74, 6) is -3.39. The number of ether oxygens (including phenoxy) is 7. The van der Waals surface area contributed by atoms with Crippen molar-refractivity contribution in [3.63, 3.8) is 0 Å². The number of rotatable bonds is 38. The summed E-state index contributed by atoms with van der Waals surface area (Å²) in [5.41, 5.74) is 0. The molecule has 0 radical (unpaired) electrons. The van der Waals surface area contributed by atoms with Crippen molar-refractivity contribution in [2.45, 2.75) is 122 Å². The summed E-state index contributed by atoms with van der Waals surface area (Å²) in [4.78, 5) is 44.5. The van der Waals surface area contributed by atoms with Gasteiger partial charge in [0.25, 0.3) is 0 Å². The van der Waals surface area contributed by atoms with Crippen molar-refractivity contribution in [1.29, 1.82) is 0 Å². The lowest BCUT2D eigenvalue weighted by Gasteiger charge is -2.08. The molecule has 0 aromatic carbocycles. The van der Waals surface area contributed by atoms with Crippen molar-refractivity contribution in [2.75, 3.05) is 79.3 Å². The van der Waals surface area contributed by atoms with E-state index in [1.54, 1.807) is 0 Å². The molecule has 0 atom stereocenters. The predicted molar refractivity (Wildman–Crippen MR) is 177 cm³/mol. The van der Waals surface area contributed by atoms with E-state index in [0.29, 0.717) is 65.9 Å². The van der Waals surface area contributed by atoms with Crippen molar-refractivity contribution in [2.24, 2.45) is 0 Å². The average Bonchev–Trinajstić information content (AvgIpc) is 3.06. The molecular formula is C35H64O12. The van der Waals surface area contributed by atoms with Gasteiger partial charge in [-0.1, -0.05) is 96.8 Å². The normalized spacial score (nSPS) is 11.1. The Morgan fingerprint density at radius 2 is 0.681 bits per heavy atom. The minimum absolute atomic E-state index is 0.0152. The van der Waals surface area contributed by atoms with Crippen LogP contribution in [0.15, 0.2) is 0 Å². The lowest BCUT2D eigenvalue weighted by molar-refractivity contribution is -0.151. The van der Waals surface area contributed by atoms with Crippen molar-refractivity contribution < 1.29 is 57.4 Å². The highest BCUT2D eigenvalue weighted by Gasteiger charge is 2.14. The Labute approximate surface area is 282 Å². The summed E-state index contributed by atoms with van der Waals surface area (Å²) in [7, 11) is 0. The van der Waals surface area contributed by atoms with Crippen LogP contribution in [0.3, 0.4) is 0 Å². The Bertz CT molecular complexity index is 746. The van der Waals surface area contributed by atoms with Crippen LogP contribution < -0.4 is 0 Å². The summed E-state index contributed by atoms with van der Waals surface area (Å²) in [6.45, 7) is 6.27. The Morgan fingerprint density at radius 3 is 1.02 bits per heavy atom. The van der Waals surface area contributed by atoms with Crippen LogP contribution in [0.2, 0.25) is 0 Å². The van der Waals surface area contributed by atoms with Crippen LogP contribution in [0.5, 0.6) is 0 Å². The fraction of sp³-hybridized carbons (Fsp3) is 0.886. The van der Waals surface area contributed by atoms with Gasteiger partial charge in [-0.05, 0) is 6.42 Å². The Kier molecular flexibility index (Phi) is 35.1. The van der Waals surface area contributed by atoms with Crippen LogP contribution in [0.25, 0.3) is 0 Å². The maximum Gasteiger partial charge on any atom is 0.372 e. The van der Waals surface area contributed by atoms with Crippen LogP contribution in [-0.4, -0.2) is 108 Å². The lowest BCUT2D eigenvalue weighted by atomic mass is 10.0. The molecule has 12 heteroatoms. The first kappa shape index (κ1) is 44.9. The monoisotopic (exact) mass is 676 g/mol. The third-order valence-corrected chi connectivity index (χ3v) is 7.25. The van der Waals surface area contributed by atoms with E-state index in [0.717, 1.165) is 12.8 Å². The van der Waals surface area contributed by atoms with E-state index in [9.17, 15) is 19.2 Å². The lowest BCUT2D eigenvalue weighted by Crippen LogP contribution is -2.17. The number of unbranched alkanes of at least 4 members (excludes halogenated alkanes) is 14. The topological polar surface area (TPSA) is 153 Å². The first-order valence-corrected chi connectivity index (χ1v) is 17.9. The second kappa shape index (κ2) is 36.7. The summed E-state index contributed by atoms with van der Waals surface area (Å²) in [6, 6.07) is 0. The van der Waals surface area contributed by atoms with Crippen LogP contribution in [0.1, 0.15) is 122 Å². The number of aliphatic carboxylic acids is 1. The SMILES string of the molecule is CCCCCCCCCCCCCCCCCC(=O)OCCOCCOCCOCCOCCOCCOC(=O)CCC(=O)C(=O)O. The fourth-order valence-electron chi connectivity index (χ4n) is 4.52. The summed E-state index contributed by atoms with van der Waals surface area (Å²) in [5, 5.41) is 8.44. The largest absolute Gasteiger partial charge is 0.476 e. The second-order valence-corrected chi connectivity index (χ2v) is 11.4. The maximum absolute atomic E-state index is 11.9. The Balaban J connectivity index is 3.21. The van der Waals surface area contributed by atoms with Gasteiger partial charge in [0.1, 0.15) is 13.2 Å². The zero-order valence-electron chi connectivity index (χ0n) is 29.2. The Hall–Kier alpha value is -2.12. The van der Waals surface area contributed by atoms with Crippen molar-refractivity contribution in [3.8, 4) is 0 Å². The molecule has 0 fully saturated rings. The molecule has 0 aliphatic rings. The van der Waals surface area contributed by atoms with Gasteiger partial charge in [-0.25, -0.2) is 4.79 Å². The van der Waals surface area contributed by atoms with Crippen LogP contribution >= 0.6 is 0 Å². The minimum Gasteiger partial charge on any atom is -0.476 e. The van der Waals surface area contributed by atoms with E-state index in [-0.39, 0.29) is 38.6 Å². The highest BCUT2D eigenvalue weighted by atomic mass is 16.6. The number of hydrogen-bond acceptors (Lipinski definition) is 11. The smallest absolute Gasteiger partial charge is 0.372 e. The molecule has 0 bridgehead atoms. The van der Waals surface area contributed by atoms with Gasteiger partial charge in [-0.2, -0.15) is 0 Å². The molecule has 47 heavy (non-hydrogen) atoms. The van der Waals surface area contributed by atoms with Gasteiger partial charge in [0.2, 0.25) is 5.78 Å². The van der Waals surface area contributed by atoms with E-state index in [1.165, 1.54) is 83.5 Å². The molecule has 0 unspecified atom stereocenters. The second-order valence-electron chi connectivity index (χ2n) is 11.4. The summed E-state index contributed by atoms with van der Waals surface area (Å²) in [6.07, 6.45) is 19.4. The molecule has 0 heterocycles. The molecule has 0 aliphatic heterocycles. The van der Waals surface area contributed by atoms with E-state index < -0.39 is 17.7 Å². The zero-order chi connectivity index (χ0) is 34.5. The molecule has 276 valence electrons. The number of hydrogen-bond donors (Lipinski definition) is 1. The molecule has 1 N–H and O–H groups in total. The molecular weight excluding hydrogens is 612 g/mol. The van der Waals surface area contributed by atoms with Crippen LogP contribution in [-0.2, 0) is 52.3 Å². The van der Waals surface area contributed by atoms with Crippen molar-refractivity contribution in [1.82, 2.24) is 0 Å². The standard InChI is InChI=1S/C35H64O12/c1-2-3-4-5-6-7-8-9-10-11-12-13-14-15-16-17-33(37)46-30-28-44-26-24-42-22-20-41-21-23-43-25-27-45-29-31-47-34(38)19-18-32(36)35(39)40/h2-31H2,1H3,(H,39,40). The van der Waals surface area contributed by atoms with Gasteiger partial charge in [0, 0.05) is 12.8 Å². The molecule has 0 aliphatic carbocycles. The number of esters is 2. The fourth-order valence-corrected chi connectivity index (χ4v) is 4.52. The number of carbonyl (C=O) groups is 4. The number of carboxylic acid groups (broad SMARTS) is 1. The number of ketones is 1. The van der Waals surface area contributed by atoms with Gasteiger partial charge < -0.3 is 38.3 Å². The summed E-state index contributed by atoms with van der Waals surface area (Å²) < 4.78 is 37.0. The minimum atomic E-state index is -1.56. The third-order valence-electron chi connectivity index (χ3n) is 7.25. The molecule has 0 amide bonds. The van der Waals surface area contributed by atoms with E-state index in [1.807, 2.05) is 0 Å². The van der Waals surface area contributed by atoms with Gasteiger partial charge in [0.15, 0.2) is 0 Å². The third kappa shape index (κ3) is 36.6. The molecule has 0 rings (SSSR count). The van der Waals surface area contributed by atoms with E-state index >= 15 is 0 Å². The molecule has 0 aromatic rings. The molecule has 0 saturated heterocycles. The summed E-state index contributed by atoms with van der Waals surface area (Å²) >= 11 is 0. The highest BCUT2D eigenvalue weighted by Crippen LogP contribution is 2.13. The molecule has 0 spiro atoms. The zero-order valence-corrected chi connectivity index (χ0v) is 29.2. The van der Waals surface area contributed by atoms with Crippen LogP contribution in [0.4, 0.5) is 0 Å². The number of carbonyl (C=O) groups excluding carboxylic acids is 3. The van der Waals surface area contributed by atoms with Gasteiger partial charge in [0.05, 0.1) is 72.5 Å². The Morgan fingerprint density at radius 1 is 0.383 bits per heavy atom. The quantitative estimate of drug-likeness (QED) is 0.0474. The molecule has 12 nitrogen and oxygen atoms in total. The predicted octanol–water partition coefficient (Wildman–Crippen LogP) is 5.85. The van der Waals surface area contributed by atoms with Crippen LogP contribution in [0, 0.1) is 0 Å². The highest BCUT2D eigenvalue weighted by molar-refractivity contribution is 6.32. The van der Waals surface area contributed by atoms with E-state index in [4.69, 9.17) is 38.3 Å². The van der Waals surface area contributed by atoms with Gasteiger partial charge in [-0.15, -0.1) is 0 Å². The van der Waals surface area contributed by atoms with Gasteiger partial charge in [-0.3, -0.25) is 14.4 Å².